The second-order valence-electron chi connectivity index (χ2n) is 4.37. The maximum absolute atomic E-state index is 11.7. The van der Waals surface area contributed by atoms with Crippen LogP contribution in [0.25, 0.3) is 0 Å². The molecule has 2 aromatic rings. The zero-order chi connectivity index (χ0) is 14.4. The van der Waals surface area contributed by atoms with Crippen LogP contribution in [0.4, 0.5) is 0 Å². The molecule has 0 radical (unpaired) electrons. The molecule has 1 aromatic heterocycles. The highest BCUT2D eigenvalue weighted by molar-refractivity contribution is 9.10. The first-order valence-corrected chi connectivity index (χ1v) is 8.05. The molecule has 0 saturated carbocycles. The molecule has 20 heavy (non-hydrogen) atoms. The summed E-state index contributed by atoms with van der Waals surface area (Å²) in [6.45, 7) is 2.98. The molecule has 1 heterocycles. The van der Waals surface area contributed by atoms with Gasteiger partial charge in [-0.3, -0.25) is 9.48 Å². The number of aromatic nitrogens is 2. The minimum absolute atomic E-state index is 0.0230. The van der Waals surface area contributed by atoms with Crippen molar-refractivity contribution in [1.29, 1.82) is 0 Å². The van der Waals surface area contributed by atoms with Crippen LogP contribution in [0.2, 0.25) is 0 Å². The van der Waals surface area contributed by atoms with Crippen molar-refractivity contribution in [2.45, 2.75) is 18.4 Å². The monoisotopic (exact) mass is 353 g/mol. The summed E-state index contributed by atoms with van der Waals surface area (Å²) in [4.78, 5) is 12.9. The number of thioether (sulfide) groups is 1. The molecular weight excluding hydrogens is 338 g/mol. The van der Waals surface area contributed by atoms with Crippen LogP contribution in [-0.4, -0.2) is 28.0 Å². The number of hydrogen-bond acceptors (Lipinski definition) is 3. The Balaban J connectivity index is 1.65. The van der Waals surface area contributed by atoms with Crippen LogP contribution in [-0.2, 0) is 11.3 Å². The molecule has 0 aliphatic heterocycles. The van der Waals surface area contributed by atoms with Crippen LogP contribution in [0.15, 0.2) is 46.0 Å². The molecule has 0 unspecified atom stereocenters. The van der Waals surface area contributed by atoms with Gasteiger partial charge in [-0.1, -0.05) is 17.7 Å². The molecule has 0 bridgehead atoms. The molecular formula is C14H16BrN3OS. The van der Waals surface area contributed by atoms with Crippen LogP contribution in [0, 0.1) is 6.92 Å². The molecule has 1 amide bonds. The molecule has 0 aliphatic carbocycles. The Morgan fingerprint density at radius 1 is 1.40 bits per heavy atom. The lowest BCUT2D eigenvalue weighted by atomic mass is 10.2. The quantitative estimate of drug-likeness (QED) is 0.641. The number of nitrogens with one attached hydrogen (secondary N) is 1. The highest BCUT2D eigenvalue weighted by Crippen LogP contribution is 2.17. The fraction of sp³-hybridized carbons (Fsp3) is 0.286. The third-order valence-electron chi connectivity index (χ3n) is 2.62. The van der Waals surface area contributed by atoms with Gasteiger partial charge in [0, 0.05) is 23.4 Å². The largest absolute Gasteiger partial charge is 0.354 e. The Hall–Kier alpha value is -1.27. The van der Waals surface area contributed by atoms with E-state index in [9.17, 15) is 4.79 Å². The van der Waals surface area contributed by atoms with E-state index in [4.69, 9.17) is 0 Å². The van der Waals surface area contributed by atoms with E-state index in [1.165, 1.54) is 10.5 Å². The Bertz CT molecular complexity index is 568. The number of aryl methyl sites for hydroxylation is 1. The van der Waals surface area contributed by atoms with Gasteiger partial charge in [0.15, 0.2) is 0 Å². The van der Waals surface area contributed by atoms with Crippen molar-refractivity contribution in [2.24, 2.45) is 0 Å². The second kappa shape index (κ2) is 7.50. The van der Waals surface area contributed by atoms with Gasteiger partial charge in [0.25, 0.3) is 0 Å². The first-order valence-electron chi connectivity index (χ1n) is 6.27. The summed E-state index contributed by atoms with van der Waals surface area (Å²) in [5, 5.41) is 6.93. The molecule has 0 atom stereocenters. The number of carbonyl (C=O) groups excluding carboxylic acids is 1. The zero-order valence-corrected chi connectivity index (χ0v) is 13.6. The van der Waals surface area contributed by atoms with Crippen molar-refractivity contribution in [2.75, 3.05) is 12.3 Å². The van der Waals surface area contributed by atoms with Crippen LogP contribution in [0.3, 0.4) is 0 Å². The molecule has 2 rings (SSSR count). The average Bonchev–Trinajstić information content (AvgIpc) is 2.82. The van der Waals surface area contributed by atoms with Crippen LogP contribution < -0.4 is 5.32 Å². The number of rotatable bonds is 6. The topological polar surface area (TPSA) is 46.9 Å². The molecule has 106 valence electrons. The van der Waals surface area contributed by atoms with Gasteiger partial charge in [-0.25, -0.2) is 0 Å². The Morgan fingerprint density at radius 2 is 2.15 bits per heavy atom. The summed E-state index contributed by atoms with van der Waals surface area (Å²) in [6, 6.07) is 8.39. The number of halogens is 1. The maximum Gasteiger partial charge on any atom is 0.241 e. The Labute approximate surface area is 131 Å². The number of nitrogens with zero attached hydrogens (tertiary/aromatic N) is 2. The third kappa shape index (κ3) is 5.02. The van der Waals surface area contributed by atoms with E-state index in [0.717, 1.165) is 10.2 Å². The summed E-state index contributed by atoms with van der Waals surface area (Å²) in [7, 11) is 0. The van der Waals surface area contributed by atoms with Gasteiger partial charge in [-0.15, -0.1) is 11.8 Å². The van der Waals surface area contributed by atoms with Gasteiger partial charge >= 0.3 is 0 Å². The smallest absolute Gasteiger partial charge is 0.241 e. The summed E-state index contributed by atoms with van der Waals surface area (Å²) in [5.74, 6) is 0.836. The fourth-order valence-electron chi connectivity index (χ4n) is 1.62. The summed E-state index contributed by atoms with van der Waals surface area (Å²) in [5.41, 5.74) is 1.26. The van der Waals surface area contributed by atoms with Gasteiger partial charge < -0.3 is 5.32 Å². The van der Waals surface area contributed by atoms with E-state index in [2.05, 4.69) is 57.5 Å². The number of benzene rings is 1. The molecule has 6 heteroatoms. The Kier molecular flexibility index (Phi) is 5.67. The lowest BCUT2D eigenvalue weighted by Gasteiger charge is -2.05. The van der Waals surface area contributed by atoms with E-state index >= 15 is 0 Å². The average molecular weight is 354 g/mol. The normalized spacial score (nSPS) is 10.5. The number of carbonyl (C=O) groups is 1. The van der Waals surface area contributed by atoms with E-state index in [1.807, 2.05) is 0 Å². The number of hydrogen-bond donors (Lipinski definition) is 1. The summed E-state index contributed by atoms with van der Waals surface area (Å²) >= 11 is 5.04. The molecule has 0 fully saturated rings. The third-order valence-corrected chi connectivity index (χ3v) is 4.04. The minimum Gasteiger partial charge on any atom is -0.354 e. The van der Waals surface area contributed by atoms with Gasteiger partial charge in [0.2, 0.25) is 5.91 Å². The van der Waals surface area contributed by atoms with E-state index in [0.29, 0.717) is 6.54 Å². The molecule has 1 N–H and O–H groups in total. The number of amides is 1. The predicted octanol–water partition coefficient (Wildman–Crippen LogP) is 2.86. The molecule has 0 spiro atoms. The van der Waals surface area contributed by atoms with Crippen molar-refractivity contribution in [3.63, 3.8) is 0 Å². The molecule has 1 aromatic carbocycles. The van der Waals surface area contributed by atoms with Crippen LogP contribution in [0.1, 0.15) is 5.56 Å². The lowest BCUT2D eigenvalue weighted by Crippen LogP contribution is -2.29. The van der Waals surface area contributed by atoms with Gasteiger partial charge in [-0.2, -0.15) is 5.10 Å². The first kappa shape index (κ1) is 15.1. The highest BCUT2D eigenvalue weighted by Gasteiger charge is 2.03. The van der Waals surface area contributed by atoms with E-state index < -0.39 is 0 Å². The standard InChI is InChI=1S/C14H16BrN3OS/c1-11-2-4-13(5-3-11)20-7-6-16-14(19)10-18-9-12(15)8-17-18/h2-5,8-9H,6-7,10H2,1H3,(H,16,19). The van der Waals surface area contributed by atoms with Crippen LogP contribution >= 0.6 is 27.7 Å². The Morgan fingerprint density at radius 3 is 2.80 bits per heavy atom. The van der Waals surface area contributed by atoms with Gasteiger partial charge in [-0.05, 0) is 35.0 Å². The van der Waals surface area contributed by atoms with E-state index in [1.54, 1.807) is 28.8 Å². The van der Waals surface area contributed by atoms with Crippen molar-refractivity contribution in [3.05, 3.63) is 46.7 Å². The summed E-state index contributed by atoms with van der Waals surface area (Å²) < 4.78 is 2.48. The van der Waals surface area contributed by atoms with Crippen molar-refractivity contribution in [3.8, 4) is 0 Å². The lowest BCUT2D eigenvalue weighted by molar-refractivity contribution is -0.121. The fourth-order valence-corrected chi connectivity index (χ4v) is 2.72. The first-order chi connectivity index (χ1) is 9.63. The van der Waals surface area contributed by atoms with E-state index in [-0.39, 0.29) is 12.5 Å². The second-order valence-corrected chi connectivity index (χ2v) is 6.45. The zero-order valence-electron chi connectivity index (χ0n) is 11.2. The molecule has 0 aliphatic rings. The SMILES string of the molecule is Cc1ccc(SCCNC(=O)Cn2cc(Br)cn2)cc1. The van der Waals surface area contributed by atoms with Crippen molar-refractivity contribution in [1.82, 2.24) is 15.1 Å². The van der Waals surface area contributed by atoms with Gasteiger partial charge in [0.1, 0.15) is 6.54 Å². The van der Waals surface area contributed by atoms with Crippen molar-refractivity contribution < 1.29 is 4.79 Å². The minimum atomic E-state index is -0.0230. The van der Waals surface area contributed by atoms with Gasteiger partial charge in [0.05, 0.1) is 10.7 Å². The van der Waals surface area contributed by atoms with Crippen LogP contribution in [0.5, 0.6) is 0 Å². The maximum atomic E-state index is 11.7. The predicted molar refractivity (Wildman–Crippen MR) is 84.8 cm³/mol. The molecule has 4 nitrogen and oxygen atoms in total. The summed E-state index contributed by atoms with van der Waals surface area (Å²) in [6.07, 6.45) is 3.45. The van der Waals surface area contributed by atoms with Crippen molar-refractivity contribution >= 4 is 33.6 Å². The highest BCUT2D eigenvalue weighted by atomic mass is 79.9. The molecule has 0 saturated heterocycles.